The number of piperidine rings is 1. The van der Waals surface area contributed by atoms with Crippen molar-refractivity contribution in [3.05, 3.63) is 42.5 Å². The van der Waals surface area contributed by atoms with Crippen molar-refractivity contribution in [2.45, 2.75) is 50.5 Å². The molecule has 0 saturated carbocycles. The van der Waals surface area contributed by atoms with E-state index in [0.717, 1.165) is 23.0 Å². The van der Waals surface area contributed by atoms with Crippen LogP contribution in [-0.4, -0.2) is 79.8 Å². The SMILES string of the molecule is C=CC(=O)OCCOC(=O)CON=C(c1ccc(SC)cc1)C(C)(CC)N1CCC(C(=O)OCC)CC1. The minimum absolute atomic E-state index is 0.0669. The fourth-order valence-electron chi connectivity index (χ4n) is 4.17. The molecule has 9 nitrogen and oxygen atoms in total. The topological polar surface area (TPSA) is 104 Å². The van der Waals surface area contributed by atoms with E-state index in [-0.39, 0.29) is 31.7 Å². The van der Waals surface area contributed by atoms with Gasteiger partial charge in [-0.05, 0) is 64.6 Å². The Morgan fingerprint density at radius 3 is 2.32 bits per heavy atom. The van der Waals surface area contributed by atoms with Crippen LogP contribution in [0.15, 0.2) is 47.0 Å². The van der Waals surface area contributed by atoms with Crippen molar-refractivity contribution in [3.8, 4) is 0 Å². The summed E-state index contributed by atoms with van der Waals surface area (Å²) in [5.74, 6) is -1.44. The number of oxime groups is 1. The monoisotopic (exact) mass is 534 g/mol. The molecule has 0 radical (unpaired) electrons. The molecule has 1 heterocycles. The van der Waals surface area contributed by atoms with Crippen LogP contribution in [0.1, 0.15) is 45.6 Å². The second-order valence-corrected chi connectivity index (χ2v) is 9.55. The summed E-state index contributed by atoms with van der Waals surface area (Å²) >= 11 is 1.65. The van der Waals surface area contributed by atoms with Gasteiger partial charge in [0.15, 0.2) is 0 Å². The van der Waals surface area contributed by atoms with Crippen molar-refractivity contribution in [2.24, 2.45) is 11.1 Å². The number of nitrogens with zero attached hydrogens (tertiary/aromatic N) is 2. The van der Waals surface area contributed by atoms with E-state index in [1.165, 1.54) is 0 Å². The van der Waals surface area contributed by atoms with E-state index in [0.29, 0.717) is 38.2 Å². The molecule has 0 spiro atoms. The van der Waals surface area contributed by atoms with Crippen molar-refractivity contribution >= 4 is 35.4 Å². The number of rotatable bonds is 14. The second-order valence-electron chi connectivity index (χ2n) is 8.67. The molecule has 204 valence electrons. The number of carbonyl (C=O) groups is 3. The Balaban J connectivity index is 2.15. The van der Waals surface area contributed by atoms with Crippen molar-refractivity contribution in [1.29, 1.82) is 0 Å². The van der Waals surface area contributed by atoms with E-state index in [2.05, 4.69) is 30.5 Å². The molecule has 1 aromatic carbocycles. The Kier molecular flexibility index (Phi) is 12.7. The molecule has 1 aliphatic heterocycles. The van der Waals surface area contributed by atoms with E-state index in [1.54, 1.807) is 11.8 Å². The number of hydrogen-bond donors (Lipinski definition) is 0. The summed E-state index contributed by atoms with van der Waals surface area (Å²) in [4.78, 5) is 44.3. The predicted molar refractivity (Wildman–Crippen MR) is 142 cm³/mol. The summed E-state index contributed by atoms with van der Waals surface area (Å²) in [6, 6.07) is 8.05. The van der Waals surface area contributed by atoms with Gasteiger partial charge in [0.1, 0.15) is 18.9 Å². The van der Waals surface area contributed by atoms with E-state index in [1.807, 2.05) is 37.4 Å². The van der Waals surface area contributed by atoms with Gasteiger partial charge in [0.05, 0.1) is 18.1 Å². The van der Waals surface area contributed by atoms with Crippen LogP contribution in [0.3, 0.4) is 0 Å². The van der Waals surface area contributed by atoms with Crippen molar-refractivity contribution in [3.63, 3.8) is 0 Å². The zero-order chi connectivity index (χ0) is 27.3. The van der Waals surface area contributed by atoms with E-state index in [9.17, 15) is 14.4 Å². The molecule has 0 amide bonds. The lowest BCUT2D eigenvalue weighted by atomic mass is 9.83. The lowest BCUT2D eigenvalue weighted by molar-refractivity contribution is -0.153. The highest BCUT2D eigenvalue weighted by molar-refractivity contribution is 7.98. The number of likely N-dealkylation sites (tertiary alicyclic amines) is 1. The van der Waals surface area contributed by atoms with Crippen molar-refractivity contribution < 1.29 is 33.4 Å². The average molecular weight is 535 g/mol. The first-order valence-corrected chi connectivity index (χ1v) is 13.7. The second kappa shape index (κ2) is 15.4. The van der Waals surface area contributed by atoms with Gasteiger partial charge < -0.3 is 19.0 Å². The summed E-state index contributed by atoms with van der Waals surface area (Å²) in [7, 11) is 0. The van der Waals surface area contributed by atoms with E-state index < -0.39 is 17.5 Å². The van der Waals surface area contributed by atoms with Gasteiger partial charge in [-0.2, -0.15) is 0 Å². The van der Waals surface area contributed by atoms with Gasteiger partial charge in [-0.3, -0.25) is 9.69 Å². The number of ether oxygens (including phenoxy) is 3. The van der Waals surface area contributed by atoms with Crippen LogP contribution in [0.2, 0.25) is 0 Å². The molecule has 0 aliphatic carbocycles. The molecular weight excluding hydrogens is 496 g/mol. The van der Waals surface area contributed by atoms with Gasteiger partial charge >= 0.3 is 17.9 Å². The Morgan fingerprint density at radius 2 is 1.76 bits per heavy atom. The fourth-order valence-corrected chi connectivity index (χ4v) is 4.58. The highest BCUT2D eigenvalue weighted by Gasteiger charge is 2.40. The molecule has 10 heteroatoms. The highest BCUT2D eigenvalue weighted by Crippen LogP contribution is 2.31. The minimum atomic E-state index is -0.621. The molecule has 1 unspecified atom stereocenters. The summed E-state index contributed by atoms with van der Waals surface area (Å²) in [5, 5.41) is 4.44. The van der Waals surface area contributed by atoms with E-state index >= 15 is 0 Å². The maximum atomic E-state index is 12.2. The predicted octanol–water partition coefficient (Wildman–Crippen LogP) is 3.85. The van der Waals surface area contributed by atoms with Gasteiger partial charge in [-0.25, -0.2) is 9.59 Å². The standard InChI is InChI=1S/C27H38N2O7S/c1-6-23(30)34-17-18-35-24(31)19-36-28-25(20-9-11-22(37-5)12-10-20)27(4,7-2)29-15-13-21(14-16-29)26(32)33-8-3/h6,9-12,21H,1,7-8,13-19H2,2-5H3. The van der Waals surface area contributed by atoms with Gasteiger partial charge in [-0.1, -0.05) is 30.8 Å². The number of esters is 3. The van der Waals surface area contributed by atoms with E-state index in [4.69, 9.17) is 19.0 Å². The summed E-state index contributed by atoms with van der Waals surface area (Å²) in [6.07, 6.45) is 5.20. The molecule has 1 fully saturated rings. The largest absolute Gasteiger partial charge is 0.466 e. The number of carbonyl (C=O) groups excluding carboxylic acids is 3. The Labute approximate surface area is 223 Å². The van der Waals surface area contributed by atoms with Crippen molar-refractivity contribution in [1.82, 2.24) is 4.90 Å². The molecule has 0 bridgehead atoms. The number of thioether (sulfide) groups is 1. The summed E-state index contributed by atoms with van der Waals surface area (Å²) in [6.45, 7) is 10.6. The third kappa shape index (κ3) is 8.89. The Bertz CT molecular complexity index is 943. The summed E-state index contributed by atoms with van der Waals surface area (Å²) < 4.78 is 15.0. The van der Waals surface area contributed by atoms with Gasteiger partial charge in [0.25, 0.3) is 0 Å². The first-order valence-electron chi connectivity index (χ1n) is 12.5. The van der Waals surface area contributed by atoms with Crippen LogP contribution in [0.25, 0.3) is 0 Å². The normalized spacial score (nSPS) is 16.4. The zero-order valence-electron chi connectivity index (χ0n) is 22.2. The first-order chi connectivity index (χ1) is 17.8. The van der Waals surface area contributed by atoms with Gasteiger partial charge in [0.2, 0.25) is 6.61 Å². The Morgan fingerprint density at radius 1 is 1.11 bits per heavy atom. The summed E-state index contributed by atoms with van der Waals surface area (Å²) in [5.41, 5.74) is 1.09. The molecule has 2 rings (SSSR count). The lowest BCUT2D eigenvalue weighted by Crippen LogP contribution is -2.55. The lowest BCUT2D eigenvalue weighted by Gasteiger charge is -2.44. The molecule has 1 atom stereocenters. The van der Waals surface area contributed by atoms with Crippen LogP contribution in [0.4, 0.5) is 0 Å². The molecule has 37 heavy (non-hydrogen) atoms. The first kappa shape index (κ1) is 30.4. The zero-order valence-corrected chi connectivity index (χ0v) is 23.0. The van der Waals surface area contributed by atoms with Crippen LogP contribution in [0, 0.1) is 5.92 Å². The maximum absolute atomic E-state index is 12.2. The molecule has 0 N–H and O–H groups in total. The molecule has 0 aromatic heterocycles. The molecular formula is C27H38N2O7S. The third-order valence-electron chi connectivity index (χ3n) is 6.47. The van der Waals surface area contributed by atoms with Crippen LogP contribution in [-0.2, 0) is 33.4 Å². The third-order valence-corrected chi connectivity index (χ3v) is 7.21. The Hall–Kier alpha value is -2.85. The van der Waals surface area contributed by atoms with Crippen LogP contribution >= 0.6 is 11.8 Å². The molecule has 1 aromatic rings. The maximum Gasteiger partial charge on any atom is 0.347 e. The fraction of sp³-hybridized carbons (Fsp3) is 0.556. The highest BCUT2D eigenvalue weighted by atomic mass is 32.2. The smallest absolute Gasteiger partial charge is 0.347 e. The molecule has 1 saturated heterocycles. The number of hydrogen-bond acceptors (Lipinski definition) is 10. The molecule has 1 aliphatic rings. The van der Waals surface area contributed by atoms with Gasteiger partial charge in [-0.15, -0.1) is 11.8 Å². The quantitative estimate of drug-likeness (QED) is 0.0670. The van der Waals surface area contributed by atoms with Gasteiger partial charge in [0, 0.05) is 16.5 Å². The average Bonchev–Trinajstić information content (AvgIpc) is 2.93. The number of benzene rings is 1. The van der Waals surface area contributed by atoms with Crippen LogP contribution < -0.4 is 0 Å². The van der Waals surface area contributed by atoms with Crippen LogP contribution in [0.5, 0.6) is 0 Å². The minimum Gasteiger partial charge on any atom is -0.466 e. The van der Waals surface area contributed by atoms with Crippen molar-refractivity contribution in [2.75, 3.05) is 45.8 Å².